The first-order valence-electron chi connectivity index (χ1n) is 3.41. The van der Waals surface area contributed by atoms with E-state index in [0.717, 1.165) is 9.80 Å². The summed E-state index contributed by atoms with van der Waals surface area (Å²) in [5.74, 6) is -0.827. The minimum Gasteiger partial charge on any atom is -0.370 e. The third-order valence-corrected chi connectivity index (χ3v) is 2.58. The summed E-state index contributed by atoms with van der Waals surface area (Å²) in [7, 11) is 2.54. The number of alkyl halides is 2. The first-order valence-corrected chi connectivity index (χ1v) is 4.16. The van der Waals surface area contributed by atoms with Crippen molar-refractivity contribution < 1.29 is 14.7 Å². The van der Waals surface area contributed by atoms with Crippen LogP contribution in [0.3, 0.4) is 0 Å². The van der Waals surface area contributed by atoms with Crippen LogP contribution in [-0.4, -0.2) is 51.5 Å². The number of amides is 3. The molecule has 0 spiro atoms. The van der Waals surface area contributed by atoms with Gasteiger partial charge in [-0.2, -0.15) is 0 Å². The molecule has 7 heteroatoms. The van der Waals surface area contributed by atoms with Crippen LogP contribution in [0.15, 0.2) is 0 Å². The van der Waals surface area contributed by atoms with Gasteiger partial charge >= 0.3 is 6.03 Å². The van der Waals surface area contributed by atoms with Gasteiger partial charge in [-0.1, -0.05) is 23.2 Å². The maximum absolute atomic E-state index is 11.3. The van der Waals surface area contributed by atoms with Gasteiger partial charge < -0.3 is 5.11 Å². The van der Waals surface area contributed by atoms with E-state index < -0.39 is 22.5 Å². The Morgan fingerprint density at radius 3 is 2.31 bits per heavy atom. The molecule has 1 N–H and O–H groups in total. The zero-order chi connectivity index (χ0) is 10.4. The first-order chi connectivity index (χ1) is 5.80. The van der Waals surface area contributed by atoms with Gasteiger partial charge in [0.2, 0.25) is 4.33 Å². The van der Waals surface area contributed by atoms with E-state index in [2.05, 4.69) is 0 Å². The van der Waals surface area contributed by atoms with Gasteiger partial charge in [-0.15, -0.1) is 0 Å². The molecule has 1 aliphatic heterocycles. The molecule has 0 radical (unpaired) electrons. The number of hydrogen-bond acceptors (Lipinski definition) is 3. The molecule has 1 heterocycles. The largest absolute Gasteiger partial charge is 0.370 e. The second-order valence-corrected chi connectivity index (χ2v) is 4.14. The standard InChI is InChI=1S/C6H8Cl2N2O3/c1-9-3(11)6(7,8)4(12)10(2)5(9)13/h3,11H,1-2H3/t3-/m1/s1. The fourth-order valence-corrected chi connectivity index (χ4v) is 1.55. The number of aliphatic hydroxyl groups excluding tert-OH is 1. The third-order valence-electron chi connectivity index (χ3n) is 1.87. The molecule has 1 aliphatic rings. The fraction of sp³-hybridized carbons (Fsp3) is 0.667. The van der Waals surface area contributed by atoms with Crippen molar-refractivity contribution in [2.24, 2.45) is 0 Å². The van der Waals surface area contributed by atoms with Crippen molar-refractivity contribution in [2.75, 3.05) is 14.1 Å². The smallest absolute Gasteiger partial charge is 0.328 e. The van der Waals surface area contributed by atoms with E-state index in [4.69, 9.17) is 23.2 Å². The lowest BCUT2D eigenvalue weighted by atomic mass is 10.2. The number of halogens is 2. The highest BCUT2D eigenvalue weighted by atomic mass is 35.5. The Hall–Kier alpha value is -0.520. The normalized spacial score (nSPS) is 28.2. The van der Waals surface area contributed by atoms with E-state index in [9.17, 15) is 14.7 Å². The first kappa shape index (κ1) is 10.6. The highest BCUT2D eigenvalue weighted by Crippen LogP contribution is 2.33. The molecule has 0 saturated carbocycles. The van der Waals surface area contributed by atoms with Crippen LogP contribution in [0, 0.1) is 0 Å². The molecule has 1 saturated heterocycles. The monoisotopic (exact) mass is 226 g/mol. The number of rotatable bonds is 0. The van der Waals surface area contributed by atoms with Crippen LogP contribution in [0.25, 0.3) is 0 Å². The van der Waals surface area contributed by atoms with Gasteiger partial charge in [-0.05, 0) is 0 Å². The lowest BCUT2D eigenvalue weighted by molar-refractivity contribution is -0.137. The van der Waals surface area contributed by atoms with E-state index in [-0.39, 0.29) is 0 Å². The number of aliphatic hydroxyl groups is 1. The van der Waals surface area contributed by atoms with Crippen molar-refractivity contribution >= 4 is 35.1 Å². The predicted octanol–water partition coefficient (Wildman–Crippen LogP) is 0.00250. The highest BCUT2D eigenvalue weighted by molar-refractivity contribution is 6.59. The van der Waals surface area contributed by atoms with Crippen molar-refractivity contribution in [1.82, 2.24) is 9.80 Å². The lowest BCUT2D eigenvalue weighted by Gasteiger charge is -2.40. The molecule has 13 heavy (non-hydrogen) atoms. The molecule has 0 aliphatic carbocycles. The summed E-state index contributed by atoms with van der Waals surface area (Å²) in [5.41, 5.74) is 0. The summed E-state index contributed by atoms with van der Waals surface area (Å²) in [4.78, 5) is 24.1. The van der Waals surface area contributed by atoms with E-state index in [1.54, 1.807) is 0 Å². The van der Waals surface area contributed by atoms with Crippen molar-refractivity contribution in [2.45, 2.75) is 10.6 Å². The van der Waals surface area contributed by atoms with E-state index in [0.29, 0.717) is 0 Å². The van der Waals surface area contributed by atoms with Crippen LogP contribution in [0.1, 0.15) is 0 Å². The van der Waals surface area contributed by atoms with Crippen molar-refractivity contribution in [3.05, 3.63) is 0 Å². The van der Waals surface area contributed by atoms with Gasteiger partial charge in [0.1, 0.15) is 0 Å². The molecule has 0 bridgehead atoms. The van der Waals surface area contributed by atoms with E-state index in [1.807, 2.05) is 0 Å². The summed E-state index contributed by atoms with van der Waals surface area (Å²) in [6.07, 6.45) is -1.52. The van der Waals surface area contributed by atoms with Crippen molar-refractivity contribution in [1.29, 1.82) is 0 Å². The van der Waals surface area contributed by atoms with Crippen LogP contribution in [0.4, 0.5) is 4.79 Å². The van der Waals surface area contributed by atoms with E-state index >= 15 is 0 Å². The highest BCUT2D eigenvalue weighted by Gasteiger charge is 2.53. The topological polar surface area (TPSA) is 60.9 Å². The minimum absolute atomic E-state index is 0.644. The molecule has 0 aromatic rings. The average molecular weight is 227 g/mol. The van der Waals surface area contributed by atoms with Gasteiger partial charge in [0.05, 0.1) is 0 Å². The van der Waals surface area contributed by atoms with E-state index in [1.165, 1.54) is 14.1 Å². The Morgan fingerprint density at radius 2 is 1.85 bits per heavy atom. The van der Waals surface area contributed by atoms with Gasteiger partial charge in [0.15, 0.2) is 6.23 Å². The number of hydrogen-bond donors (Lipinski definition) is 1. The molecular formula is C6H8Cl2N2O3. The Morgan fingerprint density at radius 1 is 1.38 bits per heavy atom. The average Bonchev–Trinajstić information content (AvgIpc) is 2.09. The molecule has 74 valence electrons. The summed E-state index contributed by atoms with van der Waals surface area (Å²) < 4.78 is -1.99. The summed E-state index contributed by atoms with van der Waals surface area (Å²) in [6.45, 7) is 0. The lowest BCUT2D eigenvalue weighted by Crippen LogP contribution is -2.64. The SMILES string of the molecule is CN1C(=O)N(C)[C@H](O)C(Cl)(Cl)C1=O. The molecular weight excluding hydrogens is 219 g/mol. The Labute approximate surface area is 84.8 Å². The molecule has 3 amide bonds. The Bertz CT molecular complexity index is 269. The molecule has 1 fully saturated rings. The van der Waals surface area contributed by atoms with Gasteiger partial charge in [-0.25, -0.2) is 4.79 Å². The molecule has 5 nitrogen and oxygen atoms in total. The van der Waals surface area contributed by atoms with Gasteiger partial charge in [-0.3, -0.25) is 14.6 Å². The third kappa shape index (κ3) is 1.37. The molecule has 1 atom stereocenters. The summed E-state index contributed by atoms with van der Waals surface area (Å²) >= 11 is 11.1. The van der Waals surface area contributed by atoms with Crippen LogP contribution in [-0.2, 0) is 4.79 Å². The van der Waals surface area contributed by atoms with Crippen LogP contribution in [0.2, 0.25) is 0 Å². The summed E-state index contributed by atoms with van der Waals surface area (Å²) in [6, 6.07) is -0.644. The number of imide groups is 1. The number of carbonyl (C=O) groups excluding carboxylic acids is 2. The Balaban J connectivity index is 3.07. The fourth-order valence-electron chi connectivity index (χ4n) is 1.01. The van der Waals surface area contributed by atoms with Crippen molar-refractivity contribution in [3.63, 3.8) is 0 Å². The molecule has 0 unspecified atom stereocenters. The Kier molecular flexibility index (Phi) is 2.44. The maximum Gasteiger partial charge on any atom is 0.328 e. The zero-order valence-corrected chi connectivity index (χ0v) is 8.50. The number of nitrogens with zero attached hydrogens (tertiary/aromatic N) is 2. The van der Waals surface area contributed by atoms with Crippen LogP contribution >= 0.6 is 23.2 Å². The molecule has 1 rings (SSSR count). The van der Waals surface area contributed by atoms with Gasteiger partial charge in [0.25, 0.3) is 5.91 Å². The summed E-state index contributed by atoms with van der Waals surface area (Å²) in [5, 5.41) is 9.36. The second kappa shape index (κ2) is 3.01. The predicted molar refractivity (Wildman–Crippen MR) is 46.4 cm³/mol. The van der Waals surface area contributed by atoms with Gasteiger partial charge in [0, 0.05) is 14.1 Å². The molecule has 0 aromatic carbocycles. The van der Waals surface area contributed by atoms with Crippen molar-refractivity contribution in [3.8, 4) is 0 Å². The number of carbonyl (C=O) groups is 2. The quantitative estimate of drug-likeness (QED) is 0.592. The maximum atomic E-state index is 11.3. The number of urea groups is 1. The molecule has 0 aromatic heterocycles. The minimum atomic E-state index is -1.99. The second-order valence-electron chi connectivity index (χ2n) is 2.75. The van der Waals surface area contributed by atoms with Crippen LogP contribution in [0.5, 0.6) is 0 Å². The zero-order valence-electron chi connectivity index (χ0n) is 6.99. The van der Waals surface area contributed by atoms with Crippen LogP contribution < -0.4 is 0 Å².